The van der Waals surface area contributed by atoms with Crippen LogP contribution in [0, 0.1) is 10.1 Å². The topological polar surface area (TPSA) is 140 Å². The number of nitro benzene ring substituents is 1. The summed E-state index contributed by atoms with van der Waals surface area (Å²) in [6.45, 7) is 0. The van der Waals surface area contributed by atoms with Gasteiger partial charge in [-0.1, -0.05) is 11.6 Å². The molecular formula is C19H15ClN6O5S2. The fourth-order valence-electron chi connectivity index (χ4n) is 2.86. The Hall–Kier alpha value is -3.68. The number of hydrogen-bond donors (Lipinski definition) is 2. The second kappa shape index (κ2) is 9.05. The molecular weight excluding hydrogens is 492 g/mol. The van der Waals surface area contributed by atoms with Crippen molar-refractivity contribution >= 4 is 61.2 Å². The van der Waals surface area contributed by atoms with E-state index in [1.807, 2.05) is 5.38 Å². The van der Waals surface area contributed by atoms with Gasteiger partial charge in [0, 0.05) is 29.4 Å². The van der Waals surface area contributed by atoms with Crippen molar-refractivity contribution in [1.82, 2.24) is 9.38 Å². The van der Waals surface area contributed by atoms with Gasteiger partial charge >= 0.3 is 0 Å². The summed E-state index contributed by atoms with van der Waals surface area (Å²) in [6.07, 6.45) is 3.14. The van der Waals surface area contributed by atoms with Crippen LogP contribution in [0.1, 0.15) is 5.69 Å². The number of nitrogens with zero attached hydrogens (tertiary/aromatic N) is 4. The number of ether oxygens (including phenoxy) is 1. The number of benzene rings is 2. The maximum absolute atomic E-state index is 13.0. The van der Waals surface area contributed by atoms with Crippen LogP contribution in [0.2, 0.25) is 5.15 Å². The quantitative estimate of drug-likeness (QED) is 0.207. The smallest absolute Gasteiger partial charge is 0.270 e. The van der Waals surface area contributed by atoms with Crippen molar-refractivity contribution in [2.75, 3.05) is 17.3 Å². The maximum Gasteiger partial charge on any atom is 0.270 e. The van der Waals surface area contributed by atoms with Crippen LogP contribution < -0.4 is 14.9 Å². The van der Waals surface area contributed by atoms with Crippen molar-refractivity contribution in [3.8, 4) is 5.75 Å². The van der Waals surface area contributed by atoms with Gasteiger partial charge in [0.15, 0.2) is 10.1 Å². The molecule has 0 saturated heterocycles. The third kappa shape index (κ3) is 4.74. The molecule has 33 heavy (non-hydrogen) atoms. The first-order valence-electron chi connectivity index (χ1n) is 9.14. The molecule has 0 aliphatic rings. The normalized spacial score (nSPS) is 11.7. The average Bonchev–Trinajstić information content (AvgIpc) is 3.35. The molecule has 0 saturated carbocycles. The summed E-state index contributed by atoms with van der Waals surface area (Å²) in [7, 11) is -2.72. The number of non-ortho nitro benzene ring substituents is 1. The molecule has 2 aromatic heterocycles. The highest BCUT2D eigenvalue weighted by molar-refractivity contribution is 7.92. The van der Waals surface area contributed by atoms with E-state index in [2.05, 4.69) is 20.2 Å². The molecule has 4 rings (SSSR count). The van der Waals surface area contributed by atoms with Gasteiger partial charge in [-0.3, -0.25) is 24.7 Å². The van der Waals surface area contributed by atoms with Crippen LogP contribution in [0.5, 0.6) is 5.75 Å². The monoisotopic (exact) mass is 506 g/mol. The van der Waals surface area contributed by atoms with Gasteiger partial charge in [-0.15, -0.1) is 11.3 Å². The van der Waals surface area contributed by atoms with E-state index in [1.165, 1.54) is 48.9 Å². The Bertz CT molecular complexity index is 1460. The van der Waals surface area contributed by atoms with E-state index in [0.29, 0.717) is 16.4 Å². The van der Waals surface area contributed by atoms with Crippen molar-refractivity contribution in [3.63, 3.8) is 0 Å². The van der Waals surface area contributed by atoms with Crippen LogP contribution in [0.3, 0.4) is 0 Å². The van der Waals surface area contributed by atoms with Crippen LogP contribution in [-0.4, -0.2) is 36.1 Å². The van der Waals surface area contributed by atoms with Crippen LogP contribution in [0.4, 0.5) is 17.1 Å². The number of nitro groups is 1. The zero-order chi connectivity index (χ0) is 23.6. The molecule has 0 spiro atoms. The third-order valence-electron chi connectivity index (χ3n) is 4.43. The molecule has 0 aliphatic carbocycles. The predicted octanol–water partition coefficient (Wildman–Crippen LogP) is 4.21. The molecule has 2 aromatic carbocycles. The van der Waals surface area contributed by atoms with Crippen LogP contribution in [-0.2, 0) is 10.0 Å². The highest BCUT2D eigenvalue weighted by Gasteiger charge is 2.23. The summed E-state index contributed by atoms with van der Waals surface area (Å²) in [6, 6.07) is 9.56. The van der Waals surface area contributed by atoms with Crippen molar-refractivity contribution in [1.29, 1.82) is 0 Å². The van der Waals surface area contributed by atoms with Gasteiger partial charge in [-0.25, -0.2) is 13.4 Å². The minimum Gasteiger partial charge on any atom is -0.497 e. The molecule has 0 atom stereocenters. The largest absolute Gasteiger partial charge is 0.497 e. The second-order valence-electron chi connectivity index (χ2n) is 6.49. The van der Waals surface area contributed by atoms with Crippen molar-refractivity contribution in [2.24, 2.45) is 5.10 Å². The van der Waals surface area contributed by atoms with E-state index in [9.17, 15) is 18.5 Å². The van der Waals surface area contributed by atoms with Crippen LogP contribution in [0.15, 0.2) is 64.0 Å². The van der Waals surface area contributed by atoms with Crippen molar-refractivity contribution in [2.45, 2.75) is 4.90 Å². The Morgan fingerprint density at radius 1 is 1.27 bits per heavy atom. The van der Waals surface area contributed by atoms with Gasteiger partial charge in [-0.2, -0.15) is 5.10 Å². The number of aromatic nitrogens is 2. The Balaban J connectivity index is 1.66. The van der Waals surface area contributed by atoms with E-state index in [0.717, 1.165) is 6.07 Å². The second-order valence-corrected chi connectivity index (χ2v) is 9.37. The van der Waals surface area contributed by atoms with Gasteiger partial charge in [0.25, 0.3) is 15.7 Å². The lowest BCUT2D eigenvalue weighted by Gasteiger charge is -2.12. The first kappa shape index (κ1) is 22.5. The van der Waals surface area contributed by atoms with Gasteiger partial charge in [-0.05, 0) is 30.3 Å². The summed E-state index contributed by atoms with van der Waals surface area (Å²) < 4.78 is 35.3. The van der Waals surface area contributed by atoms with Crippen molar-refractivity contribution in [3.05, 3.63) is 75.0 Å². The minimum atomic E-state index is -4.21. The number of rotatable bonds is 8. The van der Waals surface area contributed by atoms with Crippen LogP contribution >= 0.6 is 22.9 Å². The number of hydrazone groups is 1. The Kier molecular flexibility index (Phi) is 6.18. The standard InChI is InChI=1S/C19H15ClN6O5S2/c1-31-14-5-2-12(3-6-14)24-33(29,30)17-10-13(26(27)28)4-7-15(17)23-21-11-16-18(20)22-19-25(16)8-9-32-19/h2-11,23-24H,1H3/b21-11+. The number of imidazole rings is 1. The minimum absolute atomic E-state index is 0.0278. The molecule has 0 bridgehead atoms. The highest BCUT2D eigenvalue weighted by Crippen LogP contribution is 2.29. The summed E-state index contributed by atoms with van der Waals surface area (Å²) in [5.41, 5.74) is 3.00. The number of hydrogen-bond acceptors (Lipinski definition) is 9. The molecule has 0 unspecified atom stereocenters. The lowest BCUT2D eigenvalue weighted by Crippen LogP contribution is -2.15. The molecule has 14 heteroatoms. The zero-order valence-corrected chi connectivity index (χ0v) is 19.2. The first-order chi connectivity index (χ1) is 15.8. The number of anilines is 2. The van der Waals surface area contributed by atoms with E-state index in [1.54, 1.807) is 22.7 Å². The molecule has 2 N–H and O–H groups in total. The number of fused-ring (bicyclic) bond motifs is 1. The summed E-state index contributed by atoms with van der Waals surface area (Å²) >= 11 is 7.52. The molecule has 4 aromatic rings. The number of methoxy groups -OCH3 is 1. The van der Waals surface area contributed by atoms with E-state index >= 15 is 0 Å². The molecule has 2 heterocycles. The van der Waals surface area contributed by atoms with Gasteiger partial charge in [0.05, 0.1) is 23.9 Å². The summed E-state index contributed by atoms with van der Waals surface area (Å²) in [4.78, 5) is 15.0. The number of thiazole rings is 1. The lowest BCUT2D eigenvalue weighted by molar-refractivity contribution is -0.385. The molecule has 0 aliphatic heterocycles. The Morgan fingerprint density at radius 2 is 2.03 bits per heavy atom. The predicted molar refractivity (Wildman–Crippen MR) is 126 cm³/mol. The summed E-state index contributed by atoms with van der Waals surface area (Å²) in [5, 5.41) is 17.3. The third-order valence-corrected chi connectivity index (χ3v) is 6.89. The fourth-order valence-corrected chi connectivity index (χ4v) is 5.09. The van der Waals surface area contributed by atoms with Gasteiger partial charge in [0.1, 0.15) is 16.3 Å². The molecule has 0 amide bonds. The zero-order valence-electron chi connectivity index (χ0n) is 16.8. The van der Waals surface area contributed by atoms with Crippen LogP contribution in [0.25, 0.3) is 4.96 Å². The van der Waals surface area contributed by atoms with E-state index in [-0.39, 0.29) is 21.4 Å². The van der Waals surface area contributed by atoms with Crippen molar-refractivity contribution < 1.29 is 18.1 Å². The van der Waals surface area contributed by atoms with E-state index in [4.69, 9.17) is 16.3 Å². The lowest BCUT2D eigenvalue weighted by atomic mass is 10.3. The van der Waals surface area contributed by atoms with Gasteiger partial charge < -0.3 is 4.74 Å². The Labute approximate surface area is 196 Å². The average molecular weight is 507 g/mol. The molecule has 0 radical (unpaired) electrons. The SMILES string of the molecule is COc1ccc(NS(=O)(=O)c2cc([N+](=O)[O-])ccc2N/N=C/c2c(Cl)nc3sccn23)cc1. The highest BCUT2D eigenvalue weighted by atomic mass is 35.5. The number of sulfonamides is 1. The number of halogens is 1. The summed E-state index contributed by atoms with van der Waals surface area (Å²) in [5.74, 6) is 0.545. The molecule has 170 valence electrons. The van der Waals surface area contributed by atoms with E-state index < -0.39 is 20.6 Å². The maximum atomic E-state index is 13.0. The molecule has 11 nitrogen and oxygen atoms in total. The number of nitrogens with one attached hydrogen (secondary N) is 2. The molecule has 0 fully saturated rings. The fraction of sp³-hybridized carbons (Fsp3) is 0.0526. The first-order valence-corrected chi connectivity index (χ1v) is 11.9. The Morgan fingerprint density at radius 3 is 2.73 bits per heavy atom. The van der Waals surface area contributed by atoms with Gasteiger partial charge in [0.2, 0.25) is 0 Å².